The maximum atomic E-state index is 5.59. The molecule has 0 atom stereocenters. The van der Waals surface area contributed by atoms with Crippen molar-refractivity contribution >= 4 is 22.6 Å². The second-order valence-electron chi connectivity index (χ2n) is 6.58. The van der Waals surface area contributed by atoms with Gasteiger partial charge in [0, 0.05) is 17.1 Å². The fourth-order valence-electron chi connectivity index (χ4n) is 3.16. The van der Waals surface area contributed by atoms with E-state index in [1.165, 1.54) is 0 Å². The quantitative estimate of drug-likeness (QED) is 0.811. The molecule has 2 heterocycles. The average molecular weight is 362 g/mol. The molecule has 0 bridgehead atoms. The minimum Gasteiger partial charge on any atom is -0.454 e. The van der Waals surface area contributed by atoms with Gasteiger partial charge in [0.1, 0.15) is 5.76 Å². The van der Waals surface area contributed by atoms with E-state index in [0.29, 0.717) is 6.04 Å². The highest BCUT2D eigenvalue weighted by atomic mass is 127. The maximum Gasteiger partial charge on any atom is 0.164 e. The molecular formula is C14H23IN2O. The topological polar surface area (TPSA) is 37.2 Å². The van der Waals surface area contributed by atoms with Gasteiger partial charge in [0.2, 0.25) is 0 Å². The van der Waals surface area contributed by atoms with Crippen LogP contribution in [0.3, 0.4) is 0 Å². The van der Waals surface area contributed by atoms with Crippen LogP contribution < -0.4 is 10.6 Å². The van der Waals surface area contributed by atoms with Gasteiger partial charge in [-0.3, -0.25) is 0 Å². The molecule has 1 aromatic rings. The van der Waals surface area contributed by atoms with Crippen LogP contribution in [0.4, 0.5) is 0 Å². The Kier molecular flexibility index (Phi) is 4.09. The SMILES string of the molecule is CC1(C)CC(NCc2ccc(I)o2)CC(C)(C)N1. The molecule has 0 unspecified atom stereocenters. The molecule has 102 valence electrons. The summed E-state index contributed by atoms with van der Waals surface area (Å²) >= 11 is 2.20. The summed E-state index contributed by atoms with van der Waals surface area (Å²) in [6.45, 7) is 9.92. The lowest BCUT2D eigenvalue weighted by molar-refractivity contribution is 0.144. The summed E-state index contributed by atoms with van der Waals surface area (Å²) in [6.07, 6.45) is 2.29. The van der Waals surface area contributed by atoms with E-state index in [-0.39, 0.29) is 11.1 Å². The van der Waals surface area contributed by atoms with E-state index in [9.17, 15) is 0 Å². The average Bonchev–Trinajstić information content (AvgIpc) is 2.56. The highest BCUT2D eigenvalue weighted by Crippen LogP contribution is 2.28. The maximum absolute atomic E-state index is 5.59. The van der Waals surface area contributed by atoms with Crippen molar-refractivity contribution in [3.63, 3.8) is 0 Å². The van der Waals surface area contributed by atoms with E-state index in [4.69, 9.17) is 4.42 Å². The smallest absolute Gasteiger partial charge is 0.164 e. The van der Waals surface area contributed by atoms with Crippen LogP contribution in [-0.2, 0) is 6.54 Å². The number of hydrogen-bond acceptors (Lipinski definition) is 3. The summed E-state index contributed by atoms with van der Waals surface area (Å²) in [6, 6.07) is 4.60. The Balaban J connectivity index is 1.93. The summed E-state index contributed by atoms with van der Waals surface area (Å²) in [5.74, 6) is 1.02. The lowest BCUT2D eigenvalue weighted by Crippen LogP contribution is -2.61. The van der Waals surface area contributed by atoms with E-state index in [1.807, 2.05) is 12.1 Å². The van der Waals surface area contributed by atoms with Crippen molar-refractivity contribution in [3.8, 4) is 0 Å². The molecule has 2 N–H and O–H groups in total. The summed E-state index contributed by atoms with van der Waals surface area (Å²) in [5.41, 5.74) is 0.383. The molecule has 0 spiro atoms. The lowest BCUT2D eigenvalue weighted by Gasteiger charge is -2.46. The molecule has 18 heavy (non-hydrogen) atoms. The van der Waals surface area contributed by atoms with Crippen molar-refractivity contribution in [2.75, 3.05) is 0 Å². The Labute approximate surface area is 123 Å². The van der Waals surface area contributed by atoms with Crippen LogP contribution in [0.2, 0.25) is 0 Å². The van der Waals surface area contributed by atoms with Crippen LogP contribution in [0.25, 0.3) is 0 Å². The molecule has 3 nitrogen and oxygen atoms in total. The van der Waals surface area contributed by atoms with Crippen LogP contribution >= 0.6 is 22.6 Å². The van der Waals surface area contributed by atoms with E-state index in [0.717, 1.165) is 28.9 Å². The number of rotatable bonds is 3. The highest BCUT2D eigenvalue weighted by Gasteiger charge is 2.37. The van der Waals surface area contributed by atoms with Gasteiger partial charge in [-0.15, -0.1) is 0 Å². The first-order valence-corrected chi connectivity index (χ1v) is 7.61. The summed E-state index contributed by atoms with van der Waals surface area (Å²) < 4.78 is 6.54. The first kappa shape index (κ1) is 14.3. The monoisotopic (exact) mass is 362 g/mol. The van der Waals surface area contributed by atoms with Crippen molar-refractivity contribution in [1.82, 2.24) is 10.6 Å². The second-order valence-corrected chi connectivity index (χ2v) is 7.65. The summed E-state index contributed by atoms with van der Waals surface area (Å²) in [4.78, 5) is 0. The van der Waals surface area contributed by atoms with Crippen LogP contribution in [0.1, 0.15) is 46.3 Å². The second kappa shape index (κ2) is 5.13. The summed E-state index contributed by atoms with van der Waals surface area (Å²) in [5, 5.41) is 7.32. The third kappa shape index (κ3) is 3.96. The Morgan fingerprint density at radius 3 is 2.39 bits per heavy atom. The van der Waals surface area contributed by atoms with Gasteiger partial charge < -0.3 is 15.1 Å². The fourth-order valence-corrected chi connectivity index (χ4v) is 3.62. The first-order valence-electron chi connectivity index (χ1n) is 6.53. The van der Waals surface area contributed by atoms with Gasteiger partial charge in [0.15, 0.2) is 3.77 Å². The molecule has 0 amide bonds. The molecule has 0 saturated carbocycles. The molecule has 2 rings (SSSR count). The van der Waals surface area contributed by atoms with Gasteiger partial charge in [-0.1, -0.05) is 0 Å². The molecule has 1 fully saturated rings. The largest absolute Gasteiger partial charge is 0.454 e. The minimum absolute atomic E-state index is 0.191. The molecular weight excluding hydrogens is 339 g/mol. The van der Waals surface area contributed by atoms with Crippen LogP contribution in [-0.4, -0.2) is 17.1 Å². The number of halogens is 1. The predicted molar refractivity (Wildman–Crippen MR) is 82.6 cm³/mol. The van der Waals surface area contributed by atoms with Gasteiger partial charge in [0.05, 0.1) is 6.54 Å². The zero-order chi connectivity index (χ0) is 13.4. The number of nitrogens with one attached hydrogen (secondary N) is 2. The van der Waals surface area contributed by atoms with E-state index in [1.54, 1.807) is 0 Å². The van der Waals surface area contributed by atoms with E-state index >= 15 is 0 Å². The van der Waals surface area contributed by atoms with Crippen molar-refractivity contribution in [2.45, 2.75) is 64.2 Å². The Hall–Kier alpha value is -0.0700. The van der Waals surface area contributed by atoms with Crippen molar-refractivity contribution in [2.24, 2.45) is 0 Å². The normalized spacial score (nSPS) is 23.2. The molecule has 0 radical (unpaired) electrons. The molecule has 1 aromatic heterocycles. The van der Waals surface area contributed by atoms with Gasteiger partial charge in [-0.05, 0) is 75.3 Å². The Bertz CT molecular complexity index is 396. The predicted octanol–water partition coefficient (Wildman–Crippen LogP) is 3.28. The first-order chi connectivity index (χ1) is 8.26. The third-order valence-electron chi connectivity index (χ3n) is 3.38. The Morgan fingerprint density at radius 1 is 1.28 bits per heavy atom. The number of furan rings is 1. The van der Waals surface area contributed by atoms with Crippen LogP contribution in [0.5, 0.6) is 0 Å². The van der Waals surface area contributed by atoms with Crippen LogP contribution in [0.15, 0.2) is 16.5 Å². The Morgan fingerprint density at radius 2 is 1.89 bits per heavy atom. The van der Waals surface area contributed by atoms with Gasteiger partial charge >= 0.3 is 0 Å². The molecule has 4 heteroatoms. The standard InChI is InChI=1S/C14H23IN2O/c1-13(2)7-10(8-14(3,4)17-13)16-9-11-5-6-12(15)18-11/h5-6,10,16-17H,7-9H2,1-4H3. The lowest BCUT2D eigenvalue weighted by atomic mass is 9.79. The third-order valence-corrected chi connectivity index (χ3v) is 3.96. The zero-order valence-corrected chi connectivity index (χ0v) is 13.8. The van der Waals surface area contributed by atoms with Crippen molar-refractivity contribution in [1.29, 1.82) is 0 Å². The van der Waals surface area contributed by atoms with Gasteiger partial charge in [-0.25, -0.2) is 0 Å². The van der Waals surface area contributed by atoms with Gasteiger partial charge in [-0.2, -0.15) is 0 Å². The van der Waals surface area contributed by atoms with Crippen LogP contribution in [0, 0.1) is 3.77 Å². The van der Waals surface area contributed by atoms with E-state index in [2.05, 4.69) is 60.9 Å². The molecule has 0 aromatic carbocycles. The molecule has 1 aliphatic rings. The molecule has 0 aliphatic carbocycles. The van der Waals surface area contributed by atoms with Crippen molar-refractivity contribution in [3.05, 3.63) is 21.7 Å². The number of piperidine rings is 1. The zero-order valence-electron chi connectivity index (χ0n) is 11.6. The fraction of sp³-hybridized carbons (Fsp3) is 0.714. The van der Waals surface area contributed by atoms with E-state index < -0.39 is 0 Å². The highest BCUT2D eigenvalue weighted by molar-refractivity contribution is 14.1. The minimum atomic E-state index is 0.191. The van der Waals surface area contributed by atoms with Crippen molar-refractivity contribution < 1.29 is 4.42 Å². The summed E-state index contributed by atoms with van der Waals surface area (Å²) in [7, 11) is 0. The molecule has 1 aliphatic heterocycles. The van der Waals surface area contributed by atoms with Gasteiger partial charge in [0.25, 0.3) is 0 Å². The number of hydrogen-bond donors (Lipinski definition) is 2. The molecule has 1 saturated heterocycles.